The van der Waals surface area contributed by atoms with Crippen LogP contribution in [0, 0.1) is 12.7 Å². The van der Waals surface area contributed by atoms with Gasteiger partial charge in [-0.2, -0.15) is 5.10 Å². The van der Waals surface area contributed by atoms with Gasteiger partial charge in [0.1, 0.15) is 23.0 Å². The molecule has 2 heterocycles. The molecule has 0 atom stereocenters. The number of halogens is 2. The monoisotopic (exact) mass is 553 g/mol. The Labute approximate surface area is 222 Å². The molecule has 194 valence electrons. The van der Waals surface area contributed by atoms with Gasteiger partial charge in [0, 0.05) is 17.0 Å². The third-order valence-electron chi connectivity index (χ3n) is 5.72. The molecule has 5 aromatic rings. The van der Waals surface area contributed by atoms with E-state index < -0.39 is 21.6 Å². The second-order valence-corrected chi connectivity index (χ2v) is 10.8. The third kappa shape index (κ3) is 4.93. The second-order valence-electron chi connectivity index (χ2n) is 8.65. The van der Waals surface area contributed by atoms with E-state index in [1.165, 1.54) is 24.4 Å². The first-order valence-electron chi connectivity index (χ1n) is 11.2. The number of carbonyl (C=O) groups excluding carboxylic acids is 1. The Kier molecular flexibility index (Phi) is 6.33. The predicted molar refractivity (Wildman–Crippen MR) is 144 cm³/mol. The van der Waals surface area contributed by atoms with E-state index in [4.69, 9.17) is 22.1 Å². The molecule has 0 amide bonds. The molecular formula is C26H21ClFN5O4S. The Morgan fingerprint density at radius 1 is 1.13 bits per heavy atom. The number of ether oxygens (including phenoxy) is 1. The molecule has 4 N–H and O–H groups in total. The van der Waals surface area contributed by atoms with Crippen molar-refractivity contribution in [1.29, 1.82) is 0 Å². The number of aryl methyl sites for hydroxylation is 1. The van der Waals surface area contributed by atoms with Crippen molar-refractivity contribution >= 4 is 49.8 Å². The molecule has 2 aromatic heterocycles. The van der Waals surface area contributed by atoms with E-state index in [-0.39, 0.29) is 33.5 Å². The van der Waals surface area contributed by atoms with Crippen molar-refractivity contribution in [1.82, 2.24) is 14.8 Å². The van der Waals surface area contributed by atoms with Gasteiger partial charge >= 0.3 is 0 Å². The van der Waals surface area contributed by atoms with E-state index >= 15 is 4.39 Å². The van der Waals surface area contributed by atoms with Gasteiger partial charge in [0.05, 0.1) is 34.4 Å². The maximum atomic E-state index is 15.2. The Balaban J connectivity index is 1.46. The van der Waals surface area contributed by atoms with Gasteiger partial charge in [-0.3, -0.25) is 9.52 Å². The molecule has 0 aliphatic carbocycles. The summed E-state index contributed by atoms with van der Waals surface area (Å²) in [5, 5.41) is 4.92. The van der Waals surface area contributed by atoms with Crippen LogP contribution in [0.1, 0.15) is 21.6 Å². The zero-order valence-electron chi connectivity index (χ0n) is 20.1. The van der Waals surface area contributed by atoms with E-state index in [1.807, 2.05) is 18.2 Å². The fourth-order valence-corrected chi connectivity index (χ4v) is 4.91. The van der Waals surface area contributed by atoms with Crippen molar-refractivity contribution < 1.29 is 22.3 Å². The number of nitrogens with two attached hydrogens (primary N) is 1. The molecule has 5 rings (SSSR count). The molecule has 0 fully saturated rings. The van der Waals surface area contributed by atoms with Gasteiger partial charge in [-0.15, -0.1) is 0 Å². The van der Waals surface area contributed by atoms with E-state index in [2.05, 4.69) is 14.8 Å². The minimum atomic E-state index is -3.56. The molecule has 0 saturated carbocycles. The van der Waals surface area contributed by atoms with Gasteiger partial charge in [-0.05, 0) is 48.9 Å². The summed E-state index contributed by atoms with van der Waals surface area (Å²) in [6.45, 7) is 1.68. The number of H-pyrrole nitrogens is 1. The van der Waals surface area contributed by atoms with Crippen LogP contribution < -0.4 is 15.2 Å². The van der Waals surface area contributed by atoms with Crippen LogP contribution in [0.5, 0.6) is 11.5 Å². The van der Waals surface area contributed by atoms with E-state index in [0.29, 0.717) is 28.0 Å². The molecular weight excluding hydrogens is 533 g/mol. The highest BCUT2D eigenvalue weighted by Gasteiger charge is 2.23. The fourth-order valence-electron chi connectivity index (χ4n) is 4.07. The first kappa shape index (κ1) is 25.3. The Bertz CT molecular complexity index is 1790. The van der Waals surface area contributed by atoms with Gasteiger partial charge in [0.2, 0.25) is 15.8 Å². The molecule has 0 aliphatic rings. The lowest BCUT2D eigenvalue weighted by Crippen LogP contribution is -2.10. The van der Waals surface area contributed by atoms with Gasteiger partial charge in [0.15, 0.2) is 5.82 Å². The van der Waals surface area contributed by atoms with Crippen LogP contribution in [0.25, 0.3) is 16.6 Å². The summed E-state index contributed by atoms with van der Waals surface area (Å²) in [5.74, 6) is -0.302. The largest absolute Gasteiger partial charge is 0.457 e. The molecule has 0 radical (unpaired) electrons. The molecule has 38 heavy (non-hydrogen) atoms. The lowest BCUT2D eigenvalue weighted by atomic mass is 10.1. The highest BCUT2D eigenvalue weighted by atomic mass is 35.5. The maximum absolute atomic E-state index is 15.2. The number of hydrogen-bond acceptors (Lipinski definition) is 6. The topological polar surface area (TPSA) is 132 Å². The normalized spacial score (nSPS) is 11.6. The number of sulfonamides is 1. The smallest absolute Gasteiger partial charge is 0.229 e. The number of rotatable bonds is 7. The number of para-hydroxylation sites is 1. The van der Waals surface area contributed by atoms with Crippen LogP contribution >= 0.6 is 11.6 Å². The Hall–Kier alpha value is -4.35. The molecule has 12 heteroatoms. The SMILES string of the molecule is Cc1cc(Oc2ccccc2)cc(F)c1-n1ncc(C(=O)c2cc3cc(Cl)c(NS(C)(=O)=O)cc3[nH]2)c1N. The lowest BCUT2D eigenvalue weighted by Gasteiger charge is -2.13. The average Bonchev–Trinajstić information content (AvgIpc) is 3.41. The minimum Gasteiger partial charge on any atom is -0.457 e. The first-order chi connectivity index (χ1) is 18.0. The number of fused-ring (bicyclic) bond motifs is 1. The van der Waals surface area contributed by atoms with Gasteiger partial charge in [0.25, 0.3) is 0 Å². The van der Waals surface area contributed by atoms with Crippen molar-refractivity contribution in [3.63, 3.8) is 0 Å². The van der Waals surface area contributed by atoms with Crippen molar-refractivity contribution in [2.24, 2.45) is 0 Å². The first-order valence-corrected chi connectivity index (χ1v) is 13.5. The summed E-state index contributed by atoms with van der Waals surface area (Å²) in [6, 6.07) is 16.4. The zero-order valence-corrected chi connectivity index (χ0v) is 21.7. The van der Waals surface area contributed by atoms with Crippen molar-refractivity contribution in [3.05, 3.63) is 94.5 Å². The van der Waals surface area contributed by atoms with Crippen LogP contribution in [0.15, 0.2) is 66.9 Å². The molecule has 0 bridgehead atoms. The number of aromatic amines is 1. The molecule has 0 unspecified atom stereocenters. The average molecular weight is 554 g/mol. The van der Waals surface area contributed by atoms with E-state index in [1.54, 1.807) is 31.2 Å². The van der Waals surface area contributed by atoms with Crippen molar-refractivity contribution in [2.75, 3.05) is 16.7 Å². The van der Waals surface area contributed by atoms with Crippen LogP contribution in [-0.2, 0) is 10.0 Å². The molecule has 0 spiro atoms. The van der Waals surface area contributed by atoms with Gasteiger partial charge in [-0.1, -0.05) is 29.8 Å². The Morgan fingerprint density at radius 3 is 2.55 bits per heavy atom. The van der Waals surface area contributed by atoms with Crippen LogP contribution in [0.4, 0.5) is 15.9 Å². The number of ketones is 1. The summed E-state index contributed by atoms with van der Waals surface area (Å²) >= 11 is 6.19. The second kappa shape index (κ2) is 9.51. The fraction of sp³-hybridized carbons (Fsp3) is 0.0769. The van der Waals surface area contributed by atoms with Crippen molar-refractivity contribution in [2.45, 2.75) is 6.92 Å². The minimum absolute atomic E-state index is 0.0511. The summed E-state index contributed by atoms with van der Waals surface area (Å²) in [7, 11) is -3.56. The number of benzene rings is 3. The number of aromatic nitrogens is 3. The number of nitrogen functional groups attached to an aromatic ring is 1. The van der Waals surface area contributed by atoms with E-state index in [0.717, 1.165) is 10.9 Å². The standard InChI is InChI=1S/C26H21ClFN5O4S/c1-14-8-17(37-16-6-4-3-5-7-16)11-20(28)24(14)33-26(29)18(13-30-33)25(34)23-10-15-9-19(27)22(12-21(15)31-23)32-38(2,35)36/h3-13,31-32H,29H2,1-2H3. The molecule has 3 aromatic carbocycles. The number of nitrogens with one attached hydrogen (secondary N) is 2. The van der Waals surface area contributed by atoms with E-state index in [9.17, 15) is 13.2 Å². The predicted octanol–water partition coefficient (Wildman–Crippen LogP) is 5.43. The summed E-state index contributed by atoms with van der Waals surface area (Å²) in [6.07, 6.45) is 2.27. The number of nitrogens with zero attached hydrogens (tertiary/aromatic N) is 2. The summed E-state index contributed by atoms with van der Waals surface area (Å²) < 4.78 is 47.6. The van der Waals surface area contributed by atoms with Crippen LogP contribution in [0.3, 0.4) is 0 Å². The number of hydrogen-bond donors (Lipinski definition) is 3. The lowest BCUT2D eigenvalue weighted by molar-refractivity contribution is 0.103. The zero-order chi connectivity index (χ0) is 27.2. The highest BCUT2D eigenvalue weighted by Crippen LogP contribution is 2.32. The maximum Gasteiger partial charge on any atom is 0.229 e. The molecule has 0 aliphatic heterocycles. The van der Waals surface area contributed by atoms with Crippen LogP contribution in [-0.4, -0.2) is 35.2 Å². The van der Waals surface area contributed by atoms with Crippen LogP contribution in [0.2, 0.25) is 5.02 Å². The number of anilines is 2. The number of carbonyl (C=O) groups is 1. The van der Waals surface area contributed by atoms with Gasteiger partial charge < -0.3 is 15.5 Å². The summed E-state index contributed by atoms with van der Waals surface area (Å²) in [4.78, 5) is 16.2. The Morgan fingerprint density at radius 2 is 1.87 bits per heavy atom. The quantitative estimate of drug-likeness (QED) is 0.230. The molecule has 0 saturated heterocycles. The molecule has 9 nitrogen and oxygen atoms in total. The van der Waals surface area contributed by atoms with Crippen molar-refractivity contribution in [3.8, 4) is 17.2 Å². The summed E-state index contributed by atoms with van der Waals surface area (Å²) in [5.41, 5.74) is 7.71. The van der Waals surface area contributed by atoms with Gasteiger partial charge in [-0.25, -0.2) is 17.5 Å². The highest BCUT2D eigenvalue weighted by molar-refractivity contribution is 7.92. The third-order valence-corrected chi connectivity index (χ3v) is 6.62.